The molecule has 0 aliphatic carbocycles. The maximum atomic E-state index is 14.0. The summed E-state index contributed by atoms with van der Waals surface area (Å²) in [5, 5.41) is 35.4. The summed E-state index contributed by atoms with van der Waals surface area (Å²) in [6.45, 7) is 8.85. The summed E-state index contributed by atoms with van der Waals surface area (Å²) in [5.74, 6) is -29.8. The maximum Gasteiger partial charge on any atom is 0.308 e. The highest BCUT2D eigenvalue weighted by Crippen LogP contribution is 2.39. The molecule has 5 aliphatic rings. The molecule has 736 valence electrons. The molecule has 0 bridgehead atoms. The Hall–Kier alpha value is -11.3. The molecular weight excluding hydrogens is 1780 g/mol. The van der Waals surface area contributed by atoms with Crippen LogP contribution in [-0.2, 0) is 233 Å². The Morgan fingerprint density at radius 1 is 0.275 bits per heavy atom. The summed E-state index contributed by atoms with van der Waals surface area (Å²) in [4.78, 5) is 246. The number of hydrogen-bond donors (Lipinski definition) is 3. The van der Waals surface area contributed by atoms with Crippen molar-refractivity contribution < 1.29 is 249 Å². The van der Waals surface area contributed by atoms with E-state index < -0.39 is 368 Å². The molecule has 131 heavy (non-hydrogen) atoms. The lowest BCUT2D eigenvalue weighted by atomic mass is 9.97. The van der Waals surface area contributed by atoms with Gasteiger partial charge in [-0.05, 0) is 12.8 Å². The van der Waals surface area contributed by atoms with E-state index in [-0.39, 0.29) is 0 Å². The first-order chi connectivity index (χ1) is 61.3. The lowest BCUT2D eigenvalue weighted by Crippen LogP contribution is -2.64. The first kappa shape index (κ1) is 110. The molecule has 14 unspecified atom stereocenters. The van der Waals surface area contributed by atoms with Crippen LogP contribution in [0.15, 0.2) is 23.0 Å². The van der Waals surface area contributed by atoms with Crippen molar-refractivity contribution in [2.75, 3.05) is 59.5 Å². The standard InChI is InChI=1S/C79H108O52/c1-31(80)102-22-20-50(58(114-35(5)84)57(99)73(100)128-49(19)98)24-104-79-72(127-48(18)97)66(121-42(12)91)61(56(130-79)30-110-77-70(125-46(16)95)64(119-40(10)89)54(28-108-77)113-34(4)83)131-74(101)67(122-43(13)92)59(115-36(6)85)51(21-23-103-75-68(123-44(14)93)62(117-38(8)87)52(26-106-75)111-32(2)81)25-105-78-71(126-47(17)96)65(120-41(11)90)60(116-37(7)86)55(129-78)29-109-76-69(124-45(15)94)63(118-39(9)88)53(27-107-76)112-33(3)82/h50-56,60-66,68-79,99-101H,20-30H2,1-19H3/b58-57-,67-59-/t50?,51?,52-,53+,54+,55?,56?,60+,61+,62?,63?,64?,65?,66?,68?,69?,70?,71?,72?,73-,74-,75-,76+,77+,78+,79+/m0/s1. The van der Waals surface area contributed by atoms with E-state index in [4.69, 9.17) is 142 Å². The first-order valence-corrected chi connectivity index (χ1v) is 40.0. The molecule has 0 saturated carbocycles. The third-order valence-electron chi connectivity index (χ3n) is 17.9. The molecule has 52 heteroatoms. The van der Waals surface area contributed by atoms with Gasteiger partial charge in [-0.25, -0.2) is 0 Å². The second-order valence-electron chi connectivity index (χ2n) is 29.1. The van der Waals surface area contributed by atoms with Crippen molar-refractivity contribution >= 4 is 113 Å². The van der Waals surface area contributed by atoms with Crippen molar-refractivity contribution in [2.45, 2.75) is 292 Å². The molecule has 5 fully saturated rings. The lowest BCUT2D eigenvalue weighted by molar-refractivity contribution is -0.339. The van der Waals surface area contributed by atoms with Crippen LogP contribution in [0.4, 0.5) is 0 Å². The molecule has 52 nitrogen and oxygen atoms in total. The second-order valence-corrected chi connectivity index (χ2v) is 29.1. The highest BCUT2D eigenvalue weighted by atomic mass is 16.8. The monoisotopic (exact) mass is 1890 g/mol. The molecule has 5 rings (SSSR count). The fourth-order valence-corrected chi connectivity index (χ4v) is 13.6. The van der Waals surface area contributed by atoms with Crippen LogP contribution in [0.25, 0.3) is 0 Å². The second kappa shape index (κ2) is 52.7. The summed E-state index contributed by atoms with van der Waals surface area (Å²) in [5.41, 5.74) is 0. The van der Waals surface area contributed by atoms with Crippen LogP contribution in [-0.4, -0.2) is 336 Å². The van der Waals surface area contributed by atoms with Gasteiger partial charge in [-0.1, -0.05) is 0 Å². The molecule has 0 aromatic heterocycles. The van der Waals surface area contributed by atoms with Gasteiger partial charge < -0.3 is 157 Å². The topological polar surface area (TPSA) is 662 Å². The number of rotatable bonds is 43. The normalized spacial score (nSPS) is 28.2. The number of aliphatic hydroxyl groups is 3. The van der Waals surface area contributed by atoms with E-state index >= 15 is 0 Å². The zero-order chi connectivity index (χ0) is 98.3. The molecule has 0 spiro atoms. The summed E-state index contributed by atoms with van der Waals surface area (Å²) in [7, 11) is 0. The summed E-state index contributed by atoms with van der Waals surface area (Å²) < 4.78 is 173. The van der Waals surface area contributed by atoms with E-state index in [1.807, 2.05) is 0 Å². The molecule has 0 amide bonds. The fourth-order valence-electron chi connectivity index (χ4n) is 13.6. The van der Waals surface area contributed by atoms with Gasteiger partial charge in [0.15, 0.2) is 128 Å². The highest BCUT2D eigenvalue weighted by Gasteiger charge is 2.58. The van der Waals surface area contributed by atoms with Crippen molar-refractivity contribution in [3.63, 3.8) is 0 Å². The largest absolute Gasteiger partial charge is 0.504 e. The molecular formula is C79H108O52. The van der Waals surface area contributed by atoms with Crippen LogP contribution in [0.1, 0.15) is 144 Å². The Morgan fingerprint density at radius 3 is 0.893 bits per heavy atom. The Kier molecular flexibility index (Phi) is 44.3. The molecule has 0 aromatic rings. The van der Waals surface area contributed by atoms with Gasteiger partial charge in [0.1, 0.15) is 18.3 Å². The van der Waals surface area contributed by atoms with Crippen LogP contribution < -0.4 is 0 Å². The van der Waals surface area contributed by atoms with Crippen LogP contribution in [0.5, 0.6) is 0 Å². The van der Waals surface area contributed by atoms with E-state index in [1.165, 1.54) is 0 Å². The molecule has 3 N–H and O–H groups in total. The first-order valence-electron chi connectivity index (χ1n) is 40.0. The summed E-state index contributed by atoms with van der Waals surface area (Å²) in [6, 6.07) is 0. The molecule has 0 radical (unpaired) electrons. The third-order valence-corrected chi connectivity index (χ3v) is 17.9. The fraction of sp³-hybridized carbons (Fsp3) is 0.709. The van der Waals surface area contributed by atoms with E-state index in [0.29, 0.717) is 6.92 Å². The minimum atomic E-state index is -3.09. The lowest BCUT2D eigenvalue weighted by Gasteiger charge is -2.46. The van der Waals surface area contributed by atoms with Gasteiger partial charge in [-0.3, -0.25) is 91.1 Å². The van der Waals surface area contributed by atoms with Crippen LogP contribution in [0, 0.1) is 11.8 Å². The van der Waals surface area contributed by atoms with Crippen molar-refractivity contribution in [3.05, 3.63) is 23.0 Å². The SMILES string of the molecule is CC(=O)OCCC(CO[C@@H]1OC(CO[C@H]2OC[C@@H](OC(C)=O)C(OC(C)=O)C2OC(C)=O)[C@@H](O[C@H](O)/C(OC(C)=O)=C(/OC(C)=O)C(CCO[C@H]2OC[C@H](OC(C)=O)C(OC(C)=O)C2OC(C)=O)CO[C@@H]2OC(CO[C@H]3OC[C@@H](OC(C)=O)C(OC(C)=O)C3OC(C)=O)[C@@H](OC(C)=O)C(OC(C)=O)C2OC(C)=O)C(OC(C)=O)C1OC(C)=O)/C(OC(C)=O)=C(/O)[C@@H](O)OC(C)=O. The summed E-state index contributed by atoms with van der Waals surface area (Å²) >= 11 is 0. The third kappa shape index (κ3) is 36.1. The molecule has 26 atom stereocenters. The number of hydrogen-bond acceptors (Lipinski definition) is 52. The van der Waals surface area contributed by atoms with Gasteiger partial charge in [-0.15, -0.1) is 0 Å². The average Bonchev–Trinajstić information content (AvgIpc) is 0.779. The van der Waals surface area contributed by atoms with Crippen molar-refractivity contribution in [1.82, 2.24) is 0 Å². The zero-order valence-corrected chi connectivity index (χ0v) is 74.6. The molecule has 0 aromatic carbocycles. The van der Waals surface area contributed by atoms with Crippen molar-refractivity contribution in [2.24, 2.45) is 11.8 Å². The molecule has 5 heterocycles. The number of ether oxygens (including phenoxy) is 30. The number of aliphatic hydroxyl groups excluding tert-OH is 3. The van der Waals surface area contributed by atoms with Crippen LogP contribution in [0.2, 0.25) is 0 Å². The van der Waals surface area contributed by atoms with Gasteiger partial charge >= 0.3 is 113 Å². The zero-order valence-electron chi connectivity index (χ0n) is 74.6. The minimum Gasteiger partial charge on any atom is -0.504 e. The van der Waals surface area contributed by atoms with E-state index in [2.05, 4.69) is 0 Å². The van der Waals surface area contributed by atoms with Gasteiger partial charge in [0, 0.05) is 143 Å². The minimum absolute atomic E-state index is 0.565. The number of carbonyl (C=O) groups excluding carboxylic acids is 19. The highest BCUT2D eigenvalue weighted by molar-refractivity contribution is 5.74. The van der Waals surface area contributed by atoms with Crippen molar-refractivity contribution in [3.8, 4) is 0 Å². The van der Waals surface area contributed by atoms with Crippen LogP contribution >= 0.6 is 0 Å². The van der Waals surface area contributed by atoms with E-state index in [0.717, 1.165) is 125 Å². The Morgan fingerprint density at radius 2 is 0.557 bits per heavy atom. The van der Waals surface area contributed by atoms with E-state index in [9.17, 15) is 106 Å². The maximum absolute atomic E-state index is 14.0. The quantitative estimate of drug-likeness (QED) is 0.0270. The Balaban J connectivity index is 1.88. The van der Waals surface area contributed by atoms with Gasteiger partial charge in [0.05, 0.1) is 59.5 Å². The van der Waals surface area contributed by atoms with Crippen LogP contribution in [0.3, 0.4) is 0 Å². The van der Waals surface area contributed by atoms with Gasteiger partial charge in [0.25, 0.3) is 6.29 Å². The Labute approximate surface area is 746 Å². The summed E-state index contributed by atoms with van der Waals surface area (Å²) in [6.07, 6.45) is -50.0. The predicted octanol–water partition coefficient (Wildman–Crippen LogP) is -1.54. The van der Waals surface area contributed by atoms with E-state index in [1.54, 1.807) is 0 Å². The predicted molar refractivity (Wildman–Crippen MR) is 408 cm³/mol. The molecule has 5 aliphatic heterocycles. The van der Waals surface area contributed by atoms with Crippen molar-refractivity contribution in [1.29, 1.82) is 0 Å². The molecule has 5 saturated heterocycles. The number of carbonyl (C=O) groups is 19. The number of esters is 19. The average molecular weight is 1890 g/mol. The smallest absolute Gasteiger partial charge is 0.308 e. The van der Waals surface area contributed by atoms with Gasteiger partial charge in [-0.2, -0.15) is 0 Å². The van der Waals surface area contributed by atoms with Gasteiger partial charge in [0.2, 0.25) is 17.8 Å². The Bertz CT molecular complexity index is 4110.